The molecule has 0 amide bonds. The summed E-state index contributed by atoms with van der Waals surface area (Å²) in [4.78, 5) is 0. The summed E-state index contributed by atoms with van der Waals surface area (Å²) in [5, 5.41) is 0. The maximum atomic E-state index is 13.8. The van der Waals surface area contributed by atoms with Gasteiger partial charge in [0.2, 0.25) is 0 Å². The molecule has 0 unspecified atom stereocenters. The zero-order chi connectivity index (χ0) is 22.4. The molecule has 0 heterocycles. The molecule has 0 aliphatic carbocycles. The monoisotopic (exact) mass is 422 g/mol. The van der Waals surface area contributed by atoms with Gasteiger partial charge in [-0.15, -0.1) is 0 Å². The van der Waals surface area contributed by atoms with E-state index in [-0.39, 0.29) is 11.1 Å². The van der Waals surface area contributed by atoms with Crippen molar-refractivity contribution in [1.29, 1.82) is 0 Å². The standard InChI is InChI=1S/C24H20F6/c1-13-9-20(23(25,26)27)22(21(10-13)24(28,29)30)19-12-18(8-6-15(19)3)17-7-5-14(2)16(4)11-17/h5-12H,1-4H3. The van der Waals surface area contributed by atoms with Gasteiger partial charge in [-0.25, -0.2) is 0 Å². The Morgan fingerprint density at radius 1 is 0.533 bits per heavy atom. The minimum Gasteiger partial charge on any atom is -0.166 e. The Balaban J connectivity index is 2.36. The summed E-state index contributed by atoms with van der Waals surface area (Å²) in [7, 11) is 0. The van der Waals surface area contributed by atoms with Crippen LogP contribution in [0.4, 0.5) is 26.3 Å². The average Bonchev–Trinajstić information content (AvgIpc) is 2.62. The summed E-state index contributed by atoms with van der Waals surface area (Å²) >= 11 is 0. The van der Waals surface area contributed by atoms with Gasteiger partial charge in [0.25, 0.3) is 0 Å². The average molecular weight is 422 g/mol. The van der Waals surface area contributed by atoms with E-state index in [0.717, 1.165) is 28.8 Å². The number of rotatable bonds is 2. The van der Waals surface area contributed by atoms with Crippen molar-refractivity contribution in [3.63, 3.8) is 0 Å². The van der Waals surface area contributed by atoms with Gasteiger partial charge in [0, 0.05) is 5.56 Å². The number of aryl methyl sites for hydroxylation is 4. The number of hydrogen-bond donors (Lipinski definition) is 0. The molecular weight excluding hydrogens is 402 g/mol. The van der Waals surface area contributed by atoms with Crippen molar-refractivity contribution in [2.75, 3.05) is 0 Å². The van der Waals surface area contributed by atoms with E-state index in [1.807, 2.05) is 26.0 Å². The molecule has 0 N–H and O–H groups in total. The largest absolute Gasteiger partial charge is 0.417 e. The molecule has 6 heteroatoms. The van der Waals surface area contributed by atoms with Crippen LogP contribution in [0, 0.1) is 27.7 Å². The van der Waals surface area contributed by atoms with Crippen LogP contribution in [-0.4, -0.2) is 0 Å². The number of hydrogen-bond acceptors (Lipinski definition) is 0. The molecule has 3 aromatic carbocycles. The van der Waals surface area contributed by atoms with Crippen LogP contribution in [-0.2, 0) is 12.4 Å². The normalized spacial score (nSPS) is 12.3. The number of benzene rings is 3. The van der Waals surface area contributed by atoms with Gasteiger partial charge in [-0.1, -0.05) is 30.3 Å². The van der Waals surface area contributed by atoms with Crippen LogP contribution in [0.2, 0.25) is 0 Å². The Labute approximate surface area is 171 Å². The minimum absolute atomic E-state index is 0.0784. The third-order valence-corrected chi connectivity index (χ3v) is 5.24. The molecule has 0 saturated carbocycles. The SMILES string of the molecule is Cc1cc(C(F)(F)F)c(-c2cc(-c3ccc(C)c(C)c3)ccc2C)c(C(F)(F)F)c1. The Kier molecular flexibility index (Phi) is 5.48. The highest BCUT2D eigenvalue weighted by Gasteiger charge is 2.41. The second-order valence-corrected chi connectivity index (χ2v) is 7.56. The van der Waals surface area contributed by atoms with Crippen LogP contribution in [0.1, 0.15) is 33.4 Å². The molecule has 3 rings (SSSR count). The Morgan fingerprint density at radius 2 is 1.00 bits per heavy atom. The first-order chi connectivity index (χ1) is 13.8. The number of alkyl halides is 6. The van der Waals surface area contributed by atoms with E-state index in [2.05, 4.69) is 0 Å². The molecule has 158 valence electrons. The van der Waals surface area contributed by atoms with Crippen LogP contribution in [0.25, 0.3) is 22.3 Å². The van der Waals surface area contributed by atoms with Crippen molar-refractivity contribution in [1.82, 2.24) is 0 Å². The topological polar surface area (TPSA) is 0 Å². The van der Waals surface area contributed by atoms with Crippen molar-refractivity contribution in [3.05, 3.63) is 81.9 Å². The van der Waals surface area contributed by atoms with E-state index >= 15 is 0 Å². The van der Waals surface area contributed by atoms with E-state index in [9.17, 15) is 26.3 Å². The van der Waals surface area contributed by atoms with Gasteiger partial charge in [-0.05, 0) is 84.8 Å². The fourth-order valence-corrected chi connectivity index (χ4v) is 3.52. The van der Waals surface area contributed by atoms with Crippen molar-refractivity contribution < 1.29 is 26.3 Å². The summed E-state index contributed by atoms with van der Waals surface area (Å²) in [6.45, 7) is 6.57. The quantitative estimate of drug-likeness (QED) is 0.365. The molecule has 0 aliphatic heterocycles. The van der Waals surface area contributed by atoms with Gasteiger partial charge >= 0.3 is 12.4 Å². The van der Waals surface area contributed by atoms with Crippen LogP contribution in [0.3, 0.4) is 0 Å². The van der Waals surface area contributed by atoms with E-state index in [0.29, 0.717) is 11.1 Å². The predicted octanol–water partition coefficient (Wildman–Crippen LogP) is 8.29. The van der Waals surface area contributed by atoms with Crippen molar-refractivity contribution >= 4 is 0 Å². The number of halogens is 6. The molecular formula is C24H20F6. The first-order valence-corrected chi connectivity index (χ1v) is 9.26. The maximum Gasteiger partial charge on any atom is 0.417 e. The van der Waals surface area contributed by atoms with Gasteiger partial charge in [-0.2, -0.15) is 26.3 Å². The second kappa shape index (κ2) is 7.49. The van der Waals surface area contributed by atoms with Crippen LogP contribution in [0.15, 0.2) is 48.5 Å². The Bertz CT molecular complexity index is 1070. The lowest BCUT2D eigenvalue weighted by molar-refractivity contribution is -0.142. The van der Waals surface area contributed by atoms with Crippen LogP contribution >= 0.6 is 0 Å². The summed E-state index contributed by atoms with van der Waals surface area (Å²) in [5.41, 5.74) is 0.0812. The molecule has 0 saturated heterocycles. The van der Waals surface area contributed by atoms with E-state index in [1.54, 1.807) is 18.2 Å². The zero-order valence-corrected chi connectivity index (χ0v) is 16.9. The molecule has 0 aliphatic rings. The maximum absolute atomic E-state index is 13.8. The van der Waals surface area contributed by atoms with E-state index in [4.69, 9.17) is 0 Å². The van der Waals surface area contributed by atoms with Gasteiger partial charge in [0.15, 0.2) is 0 Å². The van der Waals surface area contributed by atoms with Crippen LogP contribution < -0.4 is 0 Å². The fourth-order valence-electron chi connectivity index (χ4n) is 3.52. The highest BCUT2D eigenvalue weighted by Crippen LogP contribution is 2.46. The van der Waals surface area contributed by atoms with Gasteiger partial charge < -0.3 is 0 Å². The first-order valence-electron chi connectivity index (χ1n) is 9.26. The predicted molar refractivity (Wildman–Crippen MR) is 106 cm³/mol. The van der Waals surface area contributed by atoms with E-state index < -0.39 is 29.0 Å². The van der Waals surface area contributed by atoms with E-state index in [1.165, 1.54) is 19.9 Å². The summed E-state index contributed by atoms with van der Waals surface area (Å²) in [6, 6.07) is 11.8. The highest BCUT2D eigenvalue weighted by atomic mass is 19.4. The van der Waals surface area contributed by atoms with Crippen molar-refractivity contribution in [3.8, 4) is 22.3 Å². The smallest absolute Gasteiger partial charge is 0.166 e. The van der Waals surface area contributed by atoms with Gasteiger partial charge in [0.05, 0.1) is 11.1 Å². The lowest BCUT2D eigenvalue weighted by atomic mass is 9.87. The van der Waals surface area contributed by atoms with Gasteiger partial charge in [-0.3, -0.25) is 0 Å². The third-order valence-electron chi connectivity index (χ3n) is 5.24. The Hall–Kier alpha value is -2.76. The minimum atomic E-state index is -4.93. The van der Waals surface area contributed by atoms with Gasteiger partial charge in [0.1, 0.15) is 0 Å². The lowest BCUT2D eigenvalue weighted by Gasteiger charge is -2.22. The summed E-state index contributed by atoms with van der Waals surface area (Å²) in [5.74, 6) is 0. The molecule has 30 heavy (non-hydrogen) atoms. The molecule has 0 spiro atoms. The summed E-state index contributed by atoms with van der Waals surface area (Å²) in [6.07, 6.45) is -9.85. The molecule has 3 aromatic rings. The van der Waals surface area contributed by atoms with Crippen LogP contribution in [0.5, 0.6) is 0 Å². The molecule has 0 aromatic heterocycles. The first kappa shape index (κ1) is 21.9. The molecule has 0 nitrogen and oxygen atoms in total. The lowest BCUT2D eigenvalue weighted by Crippen LogP contribution is -2.15. The molecule has 0 atom stereocenters. The fraction of sp³-hybridized carbons (Fsp3) is 0.250. The third kappa shape index (κ3) is 4.23. The highest BCUT2D eigenvalue weighted by molar-refractivity contribution is 5.80. The molecule has 0 fully saturated rings. The summed E-state index contributed by atoms with van der Waals surface area (Å²) < 4.78 is 82.6. The Morgan fingerprint density at radius 3 is 1.47 bits per heavy atom. The van der Waals surface area contributed by atoms with Crippen molar-refractivity contribution in [2.24, 2.45) is 0 Å². The van der Waals surface area contributed by atoms with Crippen molar-refractivity contribution in [2.45, 2.75) is 40.0 Å². The molecule has 0 radical (unpaired) electrons. The molecule has 0 bridgehead atoms. The zero-order valence-electron chi connectivity index (χ0n) is 16.9. The second-order valence-electron chi connectivity index (χ2n) is 7.56.